The maximum Gasteiger partial charge on any atom is 0.451 e. The fraction of sp³-hybridized carbons (Fsp3) is 0.286. The van der Waals surface area contributed by atoms with E-state index >= 15 is 0 Å². The highest BCUT2D eigenvalue weighted by Crippen LogP contribution is 2.54. The van der Waals surface area contributed by atoms with E-state index in [0.717, 1.165) is 11.8 Å². The minimum atomic E-state index is -4.54. The van der Waals surface area contributed by atoms with Crippen LogP contribution in [0.1, 0.15) is 35.3 Å². The Balaban J connectivity index is 1.67. The summed E-state index contributed by atoms with van der Waals surface area (Å²) < 4.78 is 39.7. The van der Waals surface area contributed by atoms with Gasteiger partial charge in [0.2, 0.25) is 5.82 Å². The second kappa shape index (κ2) is 4.89. The normalized spacial score (nSPS) is 20.9. The van der Waals surface area contributed by atoms with Crippen LogP contribution in [0.4, 0.5) is 13.2 Å². The Labute approximate surface area is 133 Å². The van der Waals surface area contributed by atoms with Gasteiger partial charge in [-0.2, -0.15) is 18.3 Å². The molecular formula is C14H9ClF3N5. The molecule has 0 amide bonds. The lowest BCUT2D eigenvalue weighted by Crippen LogP contribution is -2.11. The van der Waals surface area contributed by atoms with Gasteiger partial charge >= 0.3 is 6.18 Å². The lowest BCUT2D eigenvalue weighted by Gasteiger charge is -2.06. The number of aromatic nitrogens is 5. The smallest absolute Gasteiger partial charge is 0.233 e. The molecule has 0 bridgehead atoms. The molecule has 1 saturated carbocycles. The van der Waals surface area contributed by atoms with Crippen molar-refractivity contribution in [2.45, 2.75) is 24.4 Å². The number of hydrogen-bond donors (Lipinski definition) is 0. The van der Waals surface area contributed by atoms with E-state index in [9.17, 15) is 13.2 Å². The van der Waals surface area contributed by atoms with E-state index in [0.29, 0.717) is 22.9 Å². The highest BCUT2D eigenvalue weighted by atomic mass is 35.5. The van der Waals surface area contributed by atoms with Gasteiger partial charge in [-0.05, 0) is 24.5 Å². The van der Waals surface area contributed by atoms with Crippen LogP contribution >= 0.6 is 11.6 Å². The lowest BCUT2D eigenvalue weighted by molar-refractivity contribution is -0.145. The van der Waals surface area contributed by atoms with Gasteiger partial charge in [0.1, 0.15) is 5.15 Å². The molecule has 1 fully saturated rings. The van der Waals surface area contributed by atoms with E-state index < -0.39 is 12.0 Å². The molecule has 23 heavy (non-hydrogen) atoms. The van der Waals surface area contributed by atoms with E-state index in [1.165, 1.54) is 6.07 Å². The third kappa shape index (κ3) is 2.52. The summed E-state index contributed by atoms with van der Waals surface area (Å²) in [5, 5.41) is 4.44. The molecule has 3 aromatic heterocycles. The molecule has 3 aromatic rings. The average Bonchev–Trinajstić information content (AvgIpc) is 3.20. The summed E-state index contributed by atoms with van der Waals surface area (Å²) in [5.41, 5.74) is 1.92. The van der Waals surface area contributed by atoms with Gasteiger partial charge in [0.05, 0.1) is 6.20 Å². The van der Waals surface area contributed by atoms with E-state index in [-0.39, 0.29) is 11.8 Å². The first-order valence-electron chi connectivity index (χ1n) is 6.83. The predicted molar refractivity (Wildman–Crippen MR) is 75.1 cm³/mol. The molecule has 9 heteroatoms. The maximum absolute atomic E-state index is 12.7. The lowest BCUT2D eigenvalue weighted by atomic mass is 10.1. The van der Waals surface area contributed by atoms with Gasteiger partial charge in [0.25, 0.3) is 0 Å². The summed E-state index contributed by atoms with van der Waals surface area (Å²) in [4.78, 5) is 11.2. The van der Waals surface area contributed by atoms with Crippen molar-refractivity contribution in [1.29, 1.82) is 0 Å². The van der Waals surface area contributed by atoms with Crippen molar-refractivity contribution in [1.82, 2.24) is 24.6 Å². The molecule has 0 radical (unpaired) electrons. The van der Waals surface area contributed by atoms with Gasteiger partial charge in [0, 0.05) is 29.6 Å². The maximum atomic E-state index is 12.7. The third-order valence-corrected chi connectivity index (χ3v) is 4.04. The molecule has 1 aliphatic carbocycles. The fourth-order valence-electron chi connectivity index (χ4n) is 2.76. The number of rotatable bonds is 2. The molecule has 0 spiro atoms. The van der Waals surface area contributed by atoms with Crippen LogP contribution < -0.4 is 0 Å². The molecule has 2 atom stereocenters. The largest absolute Gasteiger partial charge is 0.451 e. The van der Waals surface area contributed by atoms with E-state index in [1.807, 2.05) is 6.07 Å². The molecule has 3 heterocycles. The summed E-state index contributed by atoms with van der Waals surface area (Å²) in [5.74, 6) is -1.14. The minimum absolute atomic E-state index is 0.0509. The van der Waals surface area contributed by atoms with Crippen molar-refractivity contribution in [3.8, 4) is 0 Å². The fourth-order valence-corrected chi connectivity index (χ4v) is 2.93. The number of hydrogen-bond acceptors (Lipinski definition) is 4. The number of nitrogens with zero attached hydrogens (tertiary/aromatic N) is 5. The van der Waals surface area contributed by atoms with Crippen LogP contribution in [-0.2, 0) is 6.18 Å². The van der Waals surface area contributed by atoms with Crippen LogP contribution in [0, 0.1) is 0 Å². The Morgan fingerprint density at radius 1 is 1.13 bits per heavy atom. The molecule has 0 N–H and O–H groups in total. The van der Waals surface area contributed by atoms with Crippen molar-refractivity contribution >= 4 is 17.2 Å². The molecule has 0 saturated heterocycles. The molecule has 0 aliphatic heterocycles. The second-order valence-electron chi connectivity index (χ2n) is 5.37. The Morgan fingerprint density at radius 2 is 1.96 bits per heavy atom. The zero-order valence-electron chi connectivity index (χ0n) is 11.5. The summed E-state index contributed by atoms with van der Waals surface area (Å²) >= 11 is 5.89. The first-order chi connectivity index (χ1) is 10.9. The molecule has 0 aromatic carbocycles. The van der Waals surface area contributed by atoms with Crippen LogP contribution in [0.25, 0.3) is 5.65 Å². The standard InChI is InChI=1S/C14H9ClF3N5/c15-11-6-23-12(22-11)7(1-4-20-23)8-5-9(8)10-2-3-19-13(21-10)14(16,17)18/h1-4,6,8-9H,5H2/t8-,9+/m1/s1. The quantitative estimate of drug-likeness (QED) is 0.717. The van der Waals surface area contributed by atoms with Crippen molar-refractivity contribution in [3.05, 3.63) is 53.0 Å². The highest BCUT2D eigenvalue weighted by Gasteiger charge is 2.43. The Hall–Kier alpha value is -2.22. The van der Waals surface area contributed by atoms with E-state index in [4.69, 9.17) is 11.6 Å². The van der Waals surface area contributed by atoms with Gasteiger partial charge in [-0.3, -0.25) is 0 Å². The Morgan fingerprint density at radius 3 is 2.74 bits per heavy atom. The molecule has 1 aliphatic rings. The first kappa shape index (κ1) is 14.4. The number of halogens is 4. The summed E-state index contributed by atoms with van der Waals surface area (Å²) in [6.45, 7) is 0. The minimum Gasteiger partial charge on any atom is -0.233 e. The van der Waals surface area contributed by atoms with Gasteiger partial charge in [0.15, 0.2) is 5.65 Å². The van der Waals surface area contributed by atoms with Crippen molar-refractivity contribution in [2.75, 3.05) is 0 Å². The van der Waals surface area contributed by atoms with Crippen molar-refractivity contribution in [3.63, 3.8) is 0 Å². The summed E-state index contributed by atoms with van der Waals surface area (Å²) in [6, 6.07) is 3.34. The van der Waals surface area contributed by atoms with Gasteiger partial charge in [-0.1, -0.05) is 11.6 Å². The molecule has 0 unspecified atom stereocenters. The van der Waals surface area contributed by atoms with Gasteiger partial charge in [-0.15, -0.1) is 0 Å². The van der Waals surface area contributed by atoms with Crippen LogP contribution in [0.3, 0.4) is 0 Å². The van der Waals surface area contributed by atoms with Crippen LogP contribution in [0.5, 0.6) is 0 Å². The summed E-state index contributed by atoms with van der Waals surface area (Å²) in [6.07, 6.45) is 0.523. The van der Waals surface area contributed by atoms with Crippen molar-refractivity contribution < 1.29 is 13.2 Å². The Kier molecular flexibility index (Phi) is 3.06. The molecule has 118 valence electrons. The third-order valence-electron chi connectivity index (χ3n) is 3.86. The van der Waals surface area contributed by atoms with Crippen LogP contribution in [0.2, 0.25) is 5.15 Å². The van der Waals surface area contributed by atoms with E-state index in [1.54, 1.807) is 16.9 Å². The molecule has 4 rings (SSSR count). The summed E-state index contributed by atoms with van der Waals surface area (Å²) in [7, 11) is 0. The van der Waals surface area contributed by atoms with E-state index in [2.05, 4.69) is 20.1 Å². The average molecular weight is 340 g/mol. The van der Waals surface area contributed by atoms with Gasteiger partial charge in [-0.25, -0.2) is 19.5 Å². The SMILES string of the molecule is FC(F)(F)c1nccc([C@H]2C[C@@H]2c2ccnn3cc(Cl)nc23)n1. The Bertz CT molecular complexity index is 891. The zero-order valence-corrected chi connectivity index (χ0v) is 12.3. The predicted octanol–water partition coefficient (Wildman–Crippen LogP) is 3.46. The molecule has 5 nitrogen and oxygen atoms in total. The molecular weight excluding hydrogens is 331 g/mol. The van der Waals surface area contributed by atoms with Crippen LogP contribution in [0.15, 0.2) is 30.7 Å². The monoisotopic (exact) mass is 339 g/mol. The zero-order chi connectivity index (χ0) is 16.2. The topological polar surface area (TPSA) is 56.0 Å². The first-order valence-corrected chi connectivity index (χ1v) is 7.21. The van der Waals surface area contributed by atoms with Gasteiger partial charge < -0.3 is 0 Å². The number of imidazole rings is 1. The second-order valence-corrected chi connectivity index (χ2v) is 5.76. The highest BCUT2D eigenvalue weighted by molar-refractivity contribution is 6.29. The van der Waals surface area contributed by atoms with Crippen LogP contribution in [-0.4, -0.2) is 24.6 Å². The number of fused-ring (bicyclic) bond motifs is 1. The number of alkyl halides is 3. The van der Waals surface area contributed by atoms with Crippen molar-refractivity contribution in [2.24, 2.45) is 0 Å².